The van der Waals surface area contributed by atoms with Crippen molar-refractivity contribution in [2.24, 2.45) is 0 Å². The molecule has 1 heterocycles. The first-order valence-corrected chi connectivity index (χ1v) is 6.87. The molecule has 3 aromatic rings. The van der Waals surface area contributed by atoms with Gasteiger partial charge in [0.2, 0.25) is 0 Å². The van der Waals surface area contributed by atoms with Gasteiger partial charge in [-0.3, -0.25) is 15.1 Å². The molecule has 0 saturated carbocycles. The van der Waals surface area contributed by atoms with Crippen molar-refractivity contribution in [1.29, 1.82) is 0 Å². The van der Waals surface area contributed by atoms with Gasteiger partial charge in [-0.2, -0.15) is 0 Å². The van der Waals surface area contributed by atoms with Gasteiger partial charge in [0.25, 0.3) is 5.69 Å². The van der Waals surface area contributed by atoms with Gasteiger partial charge in [-0.15, -0.1) is 11.3 Å². The largest absolute Gasteiger partial charge is 0.277 e. The SMILES string of the molecule is O=[N+]([O-])c1ccccc1-c1ccccc1-c1cncs1. The van der Waals surface area contributed by atoms with Crippen molar-refractivity contribution < 1.29 is 4.92 Å². The summed E-state index contributed by atoms with van der Waals surface area (Å²) in [7, 11) is 0. The van der Waals surface area contributed by atoms with E-state index < -0.39 is 0 Å². The normalized spacial score (nSPS) is 10.4. The summed E-state index contributed by atoms with van der Waals surface area (Å²) in [6, 6.07) is 14.5. The van der Waals surface area contributed by atoms with E-state index in [1.165, 1.54) is 17.4 Å². The Morgan fingerprint density at radius 3 is 2.25 bits per heavy atom. The predicted molar refractivity (Wildman–Crippen MR) is 79.6 cm³/mol. The van der Waals surface area contributed by atoms with Crippen molar-refractivity contribution in [2.75, 3.05) is 0 Å². The lowest BCUT2D eigenvalue weighted by atomic mass is 9.97. The van der Waals surface area contributed by atoms with E-state index in [0.717, 1.165) is 16.0 Å². The number of nitrogens with zero attached hydrogens (tertiary/aromatic N) is 2. The fraction of sp³-hybridized carbons (Fsp3) is 0. The van der Waals surface area contributed by atoms with Crippen molar-refractivity contribution in [3.8, 4) is 21.6 Å². The molecule has 4 nitrogen and oxygen atoms in total. The maximum atomic E-state index is 11.2. The van der Waals surface area contributed by atoms with Gasteiger partial charge in [-0.05, 0) is 11.6 Å². The van der Waals surface area contributed by atoms with Gasteiger partial charge in [-0.25, -0.2) is 0 Å². The van der Waals surface area contributed by atoms with Crippen LogP contribution in [-0.4, -0.2) is 9.91 Å². The molecule has 0 fully saturated rings. The van der Waals surface area contributed by atoms with Crippen LogP contribution in [0.4, 0.5) is 5.69 Å². The topological polar surface area (TPSA) is 56.0 Å². The first kappa shape index (κ1) is 12.5. The fourth-order valence-corrected chi connectivity index (χ4v) is 2.80. The first-order chi connectivity index (χ1) is 9.77. The van der Waals surface area contributed by atoms with Crippen LogP contribution < -0.4 is 0 Å². The van der Waals surface area contributed by atoms with Gasteiger partial charge in [0.15, 0.2) is 0 Å². The molecule has 0 aliphatic rings. The van der Waals surface area contributed by atoms with Crippen molar-refractivity contribution in [1.82, 2.24) is 4.98 Å². The predicted octanol–water partition coefficient (Wildman–Crippen LogP) is 4.39. The minimum Gasteiger partial charge on any atom is -0.258 e. The lowest BCUT2D eigenvalue weighted by molar-refractivity contribution is -0.384. The second-order valence-electron chi connectivity index (χ2n) is 4.19. The average Bonchev–Trinajstić information content (AvgIpc) is 3.01. The lowest BCUT2D eigenvalue weighted by Crippen LogP contribution is -1.92. The summed E-state index contributed by atoms with van der Waals surface area (Å²) in [5.74, 6) is 0. The Balaban J connectivity index is 2.24. The molecule has 0 aliphatic carbocycles. The third kappa shape index (κ3) is 2.19. The number of aromatic nitrogens is 1. The smallest absolute Gasteiger partial charge is 0.258 e. The van der Waals surface area contributed by atoms with E-state index >= 15 is 0 Å². The Morgan fingerprint density at radius 1 is 0.950 bits per heavy atom. The van der Waals surface area contributed by atoms with E-state index in [-0.39, 0.29) is 10.6 Å². The molecule has 0 N–H and O–H groups in total. The van der Waals surface area contributed by atoms with Gasteiger partial charge in [-0.1, -0.05) is 36.4 Å². The molecule has 0 radical (unpaired) electrons. The van der Waals surface area contributed by atoms with Crippen LogP contribution in [0, 0.1) is 10.1 Å². The fourth-order valence-electron chi connectivity index (χ4n) is 2.14. The maximum Gasteiger partial charge on any atom is 0.277 e. The van der Waals surface area contributed by atoms with Gasteiger partial charge in [0, 0.05) is 17.8 Å². The lowest BCUT2D eigenvalue weighted by Gasteiger charge is -2.08. The van der Waals surface area contributed by atoms with Crippen molar-refractivity contribution in [2.45, 2.75) is 0 Å². The van der Waals surface area contributed by atoms with Crippen LogP contribution in [0.5, 0.6) is 0 Å². The summed E-state index contributed by atoms with van der Waals surface area (Å²) in [6.07, 6.45) is 1.78. The second kappa shape index (κ2) is 5.22. The first-order valence-electron chi connectivity index (χ1n) is 5.99. The average molecular weight is 282 g/mol. The van der Waals surface area contributed by atoms with Crippen LogP contribution in [0.3, 0.4) is 0 Å². The number of nitro groups is 1. The monoisotopic (exact) mass is 282 g/mol. The molecule has 0 amide bonds. The molecule has 0 bridgehead atoms. The zero-order valence-corrected chi connectivity index (χ0v) is 11.2. The number of para-hydroxylation sites is 1. The van der Waals surface area contributed by atoms with Gasteiger partial charge in [0.1, 0.15) is 0 Å². The highest BCUT2D eigenvalue weighted by Crippen LogP contribution is 2.37. The summed E-state index contributed by atoms with van der Waals surface area (Å²) in [4.78, 5) is 15.9. The van der Waals surface area contributed by atoms with Gasteiger partial charge >= 0.3 is 0 Å². The molecule has 20 heavy (non-hydrogen) atoms. The van der Waals surface area contributed by atoms with Crippen molar-refractivity contribution >= 4 is 17.0 Å². The van der Waals surface area contributed by atoms with Crippen LogP contribution in [0.2, 0.25) is 0 Å². The molecule has 0 unspecified atom stereocenters. The number of benzene rings is 2. The summed E-state index contributed by atoms with van der Waals surface area (Å²) in [6.45, 7) is 0. The molecule has 3 rings (SSSR count). The molecule has 2 aromatic carbocycles. The van der Waals surface area contributed by atoms with E-state index in [1.54, 1.807) is 23.8 Å². The highest BCUT2D eigenvalue weighted by molar-refractivity contribution is 7.13. The molecule has 1 aromatic heterocycles. The van der Waals surface area contributed by atoms with Gasteiger partial charge < -0.3 is 0 Å². The number of nitro benzene ring substituents is 1. The molecule has 0 spiro atoms. The summed E-state index contributed by atoms with van der Waals surface area (Å²) in [5, 5.41) is 11.2. The molecule has 0 aliphatic heterocycles. The Kier molecular flexibility index (Phi) is 3.26. The number of thiazole rings is 1. The summed E-state index contributed by atoms with van der Waals surface area (Å²) < 4.78 is 0. The quantitative estimate of drug-likeness (QED) is 0.529. The molecule has 5 heteroatoms. The van der Waals surface area contributed by atoms with Gasteiger partial charge in [0.05, 0.1) is 20.9 Å². The number of hydrogen-bond acceptors (Lipinski definition) is 4. The Bertz CT molecular complexity index is 754. The highest BCUT2D eigenvalue weighted by Gasteiger charge is 2.17. The number of rotatable bonds is 3. The van der Waals surface area contributed by atoms with E-state index in [0.29, 0.717) is 5.56 Å². The third-order valence-electron chi connectivity index (χ3n) is 3.02. The third-order valence-corrected chi connectivity index (χ3v) is 3.82. The molecular formula is C15H10N2O2S. The Morgan fingerprint density at radius 2 is 1.60 bits per heavy atom. The Labute approximate surface area is 119 Å². The Hall–Kier alpha value is -2.53. The zero-order valence-electron chi connectivity index (χ0n) is 10.4. The molecule has 0 atom stereocenters. The van der Waals surface area contributed by atoms with Crippen molar-refractivity contribution in [3.05, 3.63) is 70.4 Å². The van der Waals surface area contributed by atoms with Crippen LogP contribution in [0.15, 0.2) is 60.2 Å². The van der Waals surface area contributed by atoms with E-state index in [2.05, 4.69) is 4.98 Å². The van der Waals surface area contributed by atoms with Crippen LogP contribution in [0.25, 0.3) is 21.6 Å². The molecule has 0 saturated heterocycles. The molecule has 98 valence electrons. The molecular weight excluding hydrogens is 272 g/mol. The van der Waals surface area contributed by atoms with E-state index in [1.807, 2.05) is 30.3 Å². The summed E-state index contributed by atoms with van der Waals surface area (Å²) in [5.41, 5.74) is 4.31. The standard InChI is InChI=1S/C15H10N2O2S/c18-17(19)14-8-4-3-6-12(14)11-5-1-2-7-13(11)15-9-16-10-20-15/h1-10H. The van der Waals surface area contributed by atoms with E-state index in [9.17, 15) is 10.1 Å². The zero-order chi connectivity index (χ0) is 13.9. The summed E-state index contributed by atoms with van der Waals surface area (Å²) >= 11 is 1.52. The van der Waals surface area contributed by atoms with Crippen LogP contribution >= 0.6 is 11.3 Å². The van der Waals surface area contributed by atoms with Crippen LogP contribution in [-0.2, 0) is 0 Å². The highest BCUT2D eigenvalue weighted by atomic mass is 32.1. The minimum atomic E-state index is -0.348. The maximum absolute atomic E-state index is 11.2. The number of hydrogen-bond donors (Lipinski definition) is 0. The van der Waals surface area contributed by atoms with Crippen LogP contribution in [0.1, 0.15) is 0 Å². The van der Waals surface area contributed by atoms with Crippen molar-refractivity contribution in [3.63, 3.8) is 0 Å². The second-order valence-corrected chi connectivity index (χ2v) is 5.07. The van der Waals surface area contributed by atoms with E-state index in [4.69, 9.17) is 0 Å². The minimum absolute atomic E-state index is 0.115.